The van der Waals surface area contributed by atoms with Gasteiger partial charge in [0.25, 0.3) is 0 Å². The van der Waals surface area contributed by atoms with Gasteiger partial charge in [0.05, 0.1) is 6.04 Å². The highest BCUT2D eigenvalue weighted by Crippen LogP contribution is 2.17. The van der Waals surface area contributed by atoms with Crippen molar-refractivity contribution in [2.45, 2.75) is 37.1 Å². The van der Waals surface area contributed by atoms with Crippen molar-refractivity contribution in [3.8, 4) is 0 Å². The molecule has 0 heterocycles. The Labute approximate surface area is 124 Å². The highest BCUT2D eigenvalue weighted by Gasteiger charge is 2.23. The van der Waals surface area contributed by atoms with Crippen LogP contribution in [0.25, 0.3) is 0 Å². The second-order valence-corrected chi connectivity index (χ2v) is 5.65. The first-order valence-electron chi connectivity index (χ1n) is 6.39. The van der Waals surface area contributed by atoms with Crippen molar-refractivity contribution >= 4 is 34.7 Å². The van der Waals surface area contributed by atoms with Gasteiger partial charge in [-0.25, -0.2) is 0 Å². The van der Waals surface area contributed by atoms with Crippen molar-refractivity contribution in [1.82, 2.24) is 0 Å². The van der Waals surface area contributed by atoms with Gasteiger partial charge in [-0.3, -0.25) is 4.79 Å². The van der Waals surface area contributed by atoms with Crippen LogP contribution in [0.1, 0.15) is 24.8 Å². The Kier molecular flexibility index (Phi) is 7.21. The van der Waals surface area contributed by atoms with Crippen LogP contribution >= 0.6 is 23.2 Å². The maximum absolute atomic E-state index is 12.0. The molecule has 0 bridgehead atoms. The standard InChI is InChI=1S/C14H20Cl2N2O/c1-10-5-7-11(8-6-10)18-12(4-2-3-9-17)13(19)14(15)16/h5-8,12,14,18H,2-4,9,17H2,1H3. The maximum atomic E-state index is 12.0. The summed E-state index contributed by atoms with van der Waals surface area (Å²) in [5.74, 6) is -0.194. The Morgan fingerprint density at radius 2 is 1.89 bits per heavy atom. The lowest BCUT2D eigenvalue weighted by Gasteiger charge is -2.19. The van der Waals surface area contributed by atoms with Gasteiger partial charge in [-0.1, -0.05) is 40.9 Å². The molecule has 0 radical (unpaired) electrons. The van der Waals surface area contributed by atoms with Crippen LogP contribution in [0.5, 0.6) is 0 Å². The molecule has 0 aliphatic rings. The van der Waals surface area contributed by atoms with Crippen molar-refractivity contribution in [2.24, 2.45) is 5.73 Å². The van der Waals surface area contributed by atoms with Gasteiger partial charge in [0.1, 0.15) is 0 Å². The van der Waals surface area contributed by atoms with Crippen molar-refractivity contribution in [3.05, 3.63) is 29.8 Å². The van der Waals surface area contributed by atoms with Crippen LogP contribution in [0.15, 0.2) is 24.3 Å². The molecule has 19 heavy (non-hydrogen) atoms. The average molecular weight is 303 g/mol. The van der Waals surface area contributed by atoms with Crippen molar-refractivity contribution < 1.29 is 4.79 Å². The number of carbonyl (C=O) groups is 1. The van der Waals surface area contributed by atoms with Crippen LogP contribution in [-0.2, 0) is 4.79 Å². The summed E-state index contributed by atoms with van der Waals surface area (Å²) < 4.78 is 0. The van der Waals surface area contributed by atoms with E-state index in [0.717, 1.165) is 18.5 Å². The fourth-order valence-electron chi connectivity index (χ4n) is 1.78. The lowest BCUT2D eigenvalue weighted by molar-refractivity contribution is -0.118. The number of ketones is 1. The van der Waals surface area contributed by atoms with E-state index in [-0.39, 0.29) is 11.8 Å². The molecule has 0 aliphatic heterocycles. The molecule has 0 aromatic heterocycles. The van der Waals surface area contributed by atoms with E-state index in [1.54, 1.807) is 0 Å². The van der Waals surface area contributed by atoms with Gasteiger partial charge >= 0.3 is 0 Å². The first kappa shape index (κ1) is 16.3. The highest BCUT2D eigenvalue weighted by atomic mass is 35.5. The van der Waals surface area contributed by atoms with E-state index in [2.05, 4.69) is 5.32 Å². The first-order chi connectivity index (χ1) is 9.04. The summed E-state index contributed by atoms with van der Waals surface area (Å²) >= 11 is 11.4. The molecular formula is C14H20Cl2N2O. The van der Waals surface area contributed by atoms with Crippen LogP contribution in [0, 0.1) is 6.92 Å². The fraction of sp³-hybridized carbons (Fsp3) is 0.500. The summed E-state index contributed by atoms with van der Waals surface area (Å²) in [4.78, 5) is 11.0. The molecule has 0 fully saturated rings. The number of halogens is 2. The topological polar surface area (TPSA) is 55.1 Å². The molecule has 0 aliphatic carbocycles. The number of aryl methyl sites for hydroxylation is 1. The van der Waals surface area contributed by atoms with E-state index in [1.807, 2.05) is 31.2 Å². The zero-order valence-corrected chi connectivity index (χ0v) is 12.5. The third kappa shape index (κ3) is 5.81. The SMILES string of the molecule is Cc1ccc(NC(CCCCN)C(=O)C(Cl)Cl)cc1. The number of anilines is 1. The van der Waals surface area contributed by atoms with E-state index in [1.165, 1.54) is 5.56 Å². The van der Waals surface area contributed by atoms with Crippen LogP contribution in [0.4, 0.5) is 5.69 Å². The van der Waals surface area contributed by atoms with Gasteiger partial charge < -0.3 is 11.1 Å². The summed E-state index contributed by atoms with van der Waals surface area (Å²) in [6.45, 7) is 2.64. The van der Waals surface area contributed by atoms with Gasteiger partial charge in [0, 0.05) is 5.69 Å². The molecule has 5 heteroatoms. The number of Topliss-reactive ketones (excluding diaryl/α,β-unsaturated/α-hetero) is 1. The van der Waals surface area contributed by atoms with Crippen molar-refractivity contribution in [2.75, 3.05) is 11.9 Å². The maximum Gasteiger partial charge on any atom is 0.187 e. The molecular weight excluding hydrogens is 283 g/mol. The molecule has 1 unspecified atom stereocenters. The average Bonchev–Trinajstić information content (AvgIpc) is 2.39. The number of nitrogens with two attached hydrogens (primary N) is 1. The third-order valence-corrected chi connectivity index (χ3v) is 3.33. The second kappa shape index (κ2) is 8.41. The Morgan fingerprint density at radius 3 is 2.42 bits per heavy atom. The highest BCUT2D eigenvalue weighted by molar-refractivity contribution is 6.54. The zero-order valence-electron chi connectivity index (χ0n) is 11.0. The summed E-state index contributed by atoms with van der Waals surface area (Å²) in [6, 6.07) is 7.49. The van der Waals surface area contributed by atoms with Crippen molar-refractivity contribution in [3.63, 3.8) is 0 Å². The second-order valence-electron chi connectivity index (χ2n) is 4.55. The molecule has 0 saturated carbocycles. The lowest BCUT2D eigenvalue weighted by Crippen LogP contribution is -2.33. The van der Waals surface area contributed by atoms with Crippen LogP contribution < -0.4 is 11.1 Å². The molecule has 0 amide bonds. The Hall–Kier alpha value is -0.770. The molecule has 1 rings (SSSR count). The normalized spacial score (nSPS) is 12.5. The predicted molar refractivity (Wildman–Crippen MR) is 82.0 cm³/mol. The van der Waals surface area contributed by atoms with Crippen molar-refractivity contribution in [1.29, 1.82) is 0 Å². The largest absolute Gasteiger partial charge is 0.375 e. The molecule has 1 aromatic carbocycles. The Bertz CT molecular complexity index is 393. The van der Waals surface area contributed by atoms with E-state index in [9.17, 15) is 4.79 Å². The monoisotopic (exact) mass is 302 g/mol. The minimum Gasteiger partial charge on any atom is -0.375 e. The van der Waals surface area contributed by atoms with E-state index < -0.39 is 4.84 Å². The third-order valence-electron chi connectivity index (χ3n) is 2.90. The van der Waals surface area contributed by atoms with E-state index >= 15 is 0 Å². The smallest absolute Gasteiger partial charge is 0.187 e. The number of hydrogen-bond acceptors (Lipinski definition) is 3. The molecule has 106 valence electrons. The van der Waals surface area contributed by atoms with Gasteiger partial charge in [-0.15, -0.1) is 0 Å². The van der Waals surface area contributed by atoms with Gasteiger partial charge in [-0.05, 0) is 44.9 Å². The summed E-state index contributed by atoms with van der Waals surface area (Å²) in [5.41, 5.74) is 7.53. The van der Waals surface area contributed by atoms with Crippen LogP contribution in [-0.4, -0.2) is 23.2 Å². The minimum absolute atomic E-state index is 0.194. The van der Waals surface area contributed by atoms with Gasteiger partial charge in [0.2, 0.25) is 0 Å². The number of unbranched alkanes of at least 4 members (excludes halogenated alkanes) is 1. The molecule has 1 atom stereocenters. The number of hydrogen-bond donors (Lipinski definition) is 2. The number of carbonyl (C=O) groups excluding carboxylic acids is 1. The number of nitrogens with one attached hydrogen (secondary N) is 1. The summed E-state index contributed by atoms with van der Waals surface area (Å²) in [7, 11) is 0. The van der Waals surface area contributed by atoms with Gasteiger partial charge in [0.15, 0.2) is 10.6 Å². The molecule has 0 saturated heterocycles. The fourth-order valence-corrected chi connectivity index (χ4v) is 2.09. The summed E-state index contributed by atoms with van der Waals surface area (Å²) in [6.07, 6.45) is 2.43. The molecule has 3 N–H and O–H groups in total. The summed E-state index contributed by atoms with van der Waals surface area (Å²) in [5, 5.41) is 3.19. The van der Waals surface area contributed by atoms with Crippen LogP contribution in [0.3, 0.4) is 0 Å². The lowest BCUT2D eigenvalue weighted by atomic mass is 10.1. The van der Waals surface area contributed by atoms with E-state index in [0.29, 0.717) is 13.0 Å². The molecule has 3 nitrogen and oxygen atoms in total. The minimum atomic E-state index is -0.999. The Morgan fingerprint density at radius 1 is 1.26 bits per heavy atom. The predicted octanol–water partition coefficient (Wildman–Crippen LogP) is 3.28. The first-order valence-corrected chi connectivity index (χ1v) is 7.27. The van der Waals surface area contributed by atoms with Gasteiger partial charge in [-0.2, -0.15) is 0 Å². The van der Waals surface area contributed by atoms with E-state index in [4.69, 9.17) is 28.9 Å². The number of rotatable bonds is 8. The molecule has 1 aromatic rings. The number of benzene rings is 1. The van der Waals surface area contributed by atoms with Crippen LogP contribution in [0.2, 0.25) is 0 Å². The molecule has 0 spiro atoms. The zero-order chi connectivity index (χ0) is 14.3. The number of alkyl halides is 2. The Balaban J connectivity index is 2.67. The quantitative estimate of drug-likeness (QED) is 0.572.